The number of ether oxygens (including phenoxy) is 3. The summed E-state index contributed by atoms with van der Waals surface area (Å²) >= 11 is 0. The molecule has 3 aromatic carbocycles. The molecular formula is C27H30N2O4. The maximum absolute atomic E-state index is 12.7. The van der Waals surface area contributed by atoms with Gasteiger partial charge in [-0.3, -0.25) is 9.69 Å². The Bertz CT molecular complexity index is 1020. The second-order valence-corrected chi connectivity index (χ2v) is 7.89. The third-order valence-corrected chi connectivity index (χ3v) is 5.81. The van der Waals surface area contributed by atoms with Crippen molar-refractivity contribution in [3.8, 4) is 22.6 Å². The second-order valence-electron chi connectivity index (χ2n) is 7.89. The first-order valence-electron chi connectivity index (χ1n) is 11.2. The topological polar surface area (TPSA) is 60.0 Å². The quantitative estimate of drug-likeness (QED) is 0.540. The first kappa shape index (κ1) is 22.8. The normalized spacial score (nSPS) is 14.9. The fourth-order valence-corrected chi connectivity index (χ4v) is 4.03. The van der Waals surface area contributed by atoms with Crippen molar-refractivity contribution in [3.05, 3.63) is 84.4 Å². The van der Waals surface area contributed by atoms with Crippen LogP contribution in [0.1, 0.15) is 11.6 Å². The molecule has 1 aliphatic heterocycles. The van der Waals surface area contributed by atoms with Crippen LogP contribution in [0.5, 0.6) is 11.5 Å². The molecule has 172 valence electrons. The van der Waals surface area contributed by atoms with Gasteiger partial charge in [0.05, 0.1) is 26.4 Å². The SMILES string of the molecule is COc1ccc([C@H](CNC(=O)COc2ccccc2-c2ccccc2)N2CCOCC2)cc1. The summed E-state index contributed by atoms with van der Waals surface area (Å²) in [4.78, 5) is 15.0. The van der Waals surface area contributed by atoms with E-state index in [0.717, 1.165) is 35.5 Å². The Hall–Kier alpha value is -3.35. The minimum Gasteiger partial charge on any atom is -0.497 e. The zero-order chi connectivity index (χ0) is 22.9. The molecule has 1 heterocycles. The van der Waals surface area contributed by atoms with Crippen molar-refractivity contribution in [1.82, 2.24) is 10.2 Å². The number of benzene rings is 3. The van der Waals surface area contributed by atoms with Gasteiger partial charge in [0.2, 0.25) is 0 Å². The first-order valence-corrected chi connectivity index (χ1v) is 11.2. The Morgan fingerprint density at radius 3 is 2.39 bits per heavy atom. The van der Waals surface area contributed by atoms with Crippen LogP contribution >= 0.6 is 0 Å². The molecule has 0 bridgehead atoms. The summed E-state index contributed by atoms with van der Waals surface area (Å²) in [6, 6.07) is 25.9. The average molecular weight is 447 g/mol. The summed E-state index contributed by atoms with van der Waals surface area (Å²) in [7, 11) is 1.66. The Morgan fingerprint density at radius 2 is 1.67 bits per heavy atom. The molecular weight excluding hydrogens is 416 g/mol. The van der Waals surface area contributed by atoms with Crippen molar-refractivity contribution in [2.24, 2.45) is 0 Å². The van der Waals surface area contributed by atoms with Crippen LogP contribution in [-0.2, 0) is 9.53 Å². The molecule has 1 aliphatic rings. The van der Waals surface area contributed by atoms with Gasteiger partial charge < -0.3 is 19.5 Å². The van der Waals surface area contributed by atoms with Gasteiger partial charge in [0.15, 0.2) is 6.61 Å². The van der Waals surface area contributed by atoms with E-state index in [2.05, 4.69) is 22.3 Å². The minimum absolute atomic E-state index is 0.0394. The largest absolute Gasteiger partial charge is 0.497 e. The van der Waals surface area contributed by atoms with E-state index in [1.807, 2.05) is 66.7 Å². The van der Waals surface area contributed by atoms with Crippen LogP contribution in [-0.4, -0.2) is 57.4 Å². The lowest BCUT2D eigenvalue weighted by Crippen LogP contribution is -2.44. The Labute approximate surface area is 195 Å². The van der Waals surface area contributed by atoms with Crippen molar-refractivity contribution in [1.29, 1.82) is 0 Å². The van der Waals surface area contributed by atoms with Crippen LogP contribution in [0.3, 0.4) is 0 Å². The van der Waals surface area contributed by atoms with E-state index in [1.165, 1.54) is 0 Å². The molecule has 33 heavy (non-hydrogen) atoms. The number of nitrogens with one attached hydrogen (secondary N) is 1. The highest BCUT2D eigenvalue weighted by atomic mass is 16.5. The highest BCUT2D eigenvalue weighted by molar-refractivity contribution is 5.78. The molecule has 1 amide bonds. The van der Waals surface area contributed by atoms with Gasteiger partial charge in [-0.05, 0) is 29.3 Å². The molecule has 0 spiro atoms. The molecule has 1 fully saturated rings. The van der Waals surface area contributed by atoms with E-state index in [4.69, 9.17) is 14.2 Å². The first-order chi connectivity index (χ1) is 16.2. The maximum Gasteiger partial charge on any atom is 0.258 e. The number of methoxy groups -OCH3 is 1. The third kappa shape index (κ3) is 6.12. The summed E-state index contributed by atoms with van der Waals surface area (Å²) in [5.74, 6) is 1.36. The molecule has 4 rings (SSSR count). The lowest BCUT2D eigenvalue weighted by molar-refractivity contribution is -0.123. The fourth-order valence-electron chi connectivity index (χ4n) is 4.03. The molecule has 1 saturated heterocycles. The standard InChI is InChI=1S/C27H30N2O4/c1-31-23-13-11-22(12-14-23)25(29-15-17-32-18-16-29)19-28-27(30)20-33-26-10-6-5-9-24(26)21-7-3-2-4-8-21/h2-14,25H,15-20H2,1H3,(H,28,30)/t25-/m0/s1. The van der Waals surface area contributed by atoms with Gasteiger partial charge in [-0.25, -0.2) is 0 Å². The van der Waals surface area contributed by atoms with E-state index in [9.17, 15) is 4.79 Å². The van der Waals surface area contributed by atoms with Crippen molar-refractivity contribution in [2.45, 2.75) is 6.04 Å². The van der Waals surface area contributed by atoms with Crippen molar-refractivity contribution >= 4 is 5.91 Å². The highest BCUT2D eigenvalue weighted by Crippen LogP contribution is 2.29. The number of nitrogens with zero attached hydrogens (tertiary/aromatic N) is 1. The van der Waals surface area contributed by atoms with E-state index in [0.29, 0.717) is 25.5 Å². The molecule has 1 atom stereocenters. The van der Waals surface area contributed by atoms with Crippen molar-refractivity contribution < 1.29 is 19.0 Å². The van der Waals surface area contributed by atoms with Crippen LogP contribution in [0.15, 0.2) is 78.9 Å². The van der Waals surface area contributed by atoms with Crippen LogP contribution in [0.25, 0.3) is 11.1 Å². The zero-order valence-corrected chi connectivity index (χ0v) is 18.9. The molecule has 6 heteroatoms. The Balaban J connectivity index is 1.39. The van der Waals surface area contributed by atoms with E-state index in [-0.39, 0.29) is 18.6 Å². The summed E-state index contributed by atoms with van der Waals surface area (Å²) in [5.41, 5.74) is 3.16. The predicted octanol–water partition coefficient (Wildman–Crippen LogP) is 3.93. The van der Waals surface area contributed by atoms with Gasteiger partial charge in [0.25, 0.3) is 5.91 Å². The van der Waals surface area contributed by atoms with Gasteiger partial charge in [-0.2, -0.15) is 0 Å². The maximum atomic E-state index is 12.7. The highest BCUT2D eigenvalue weighted by Gasteiger charge is 2.23. The molecule has 0 aromatic heterocycles. The Kier molecular flexibility index (Phi) is 7.95. The number of carbonyl (C=O) groups excluding carboxylic acids is 1. The summed E-state index contributed by atoms with van der Waals surface area (Å²) in [6.07, 6.45) is 0. The van der Waals surface area contributed by atoms with Gasteiger partial charge in [-0.15, -0.1) is 0 Å². The van der Waals surface area contributed by atoms with Crippen LogP contribution in [0.2, 0.25) is 0 Å². The molecule has 0 unspecified atom stereocenters. The lowest BCUT2D eigenvalue weighted by atomic mass is 10.0. The van der Waals surface area contributed by atoms with Gasteiger partial charge in [0.1, 0.15) is 11.5 Å². The number of morpholine rings is 1. The van der Waals surface area contributed by atoms with Gasteiger partial charge >= 0.3 is 0 Å². The number of hydrogen-bond donors (Lipinski definition) is 1. The van der Waals surface area contributed by atoms with E-state index >= 15 is 0 Å². The van der Waals surface area contributed by atoms with Crippen LogP contribution in [0.4, 0.5) is 0 Å². The van der Waals surface area contributed by atoms with Crippen molar-refractivity contribution in [2.75, 3.05) is 46.6 Å². The fraction of sp³-hybridized carbons (Fsp3) is 0.296. The lowest BCUT2D eigenvalue weighted by Gasteiger charge is -2.35. The summed E-state index contributed by atoms with van der Waals surface area (Å²) in [5, 5.41) is 3.06. The van der Waals surface area contributed by atoms with Crippen molar-refractivity contribution in [3.63, 3.8) is 0 Å². The molecule has 1 N–H and O–H groups in total. The number of carbonyl (C=O) groups is 1. The smallest absolute Gasteiger partial charge is 0.258 e. The average Bonchev–Trinajstić information content (AvgIpc) is 2.89. The molecule has 0 aliphatic carbocycles. The van der Waals surface area contributed by atoms with Gasteiger partial charge in [0, 0.05) is 25.2 Å². The predicted molar refractivity (Wildman–Crippen MR) is 129 cm³/mol. The van der Waals surface area contributed by atoms with E-state index in [1.54, 1.807) is 7.11 Å². The zero-order valence-electron chi connectivity index (χ0n) is 18.9. The number of rotatable bonds is 9. The summed E-state index contributed by atoms with van der Waals surface area (Å²) < 4.78 is 16.7. The molecule has 0 radical (unpaired) electrons. The molecule has 3 aromatic rings. The number of amides is 1. The Morgan fingerprint density at radius 1 is 0.970 bits per heavy atom. The summed E-state index contributed by atoms with van der Waals surface area (Å²) in [6.45, 7) is 3.50. The van der Waals surface area contributed by atoms with Crippen LogP contribution < -0.4 is 14.8 Å². The van der Waals surface area contributed by atoms with E-state index < -0.39 is 0 Å². The monoisotopic (exact) mass is 446 g/mol. The molecule has 0 saturated carbocycles. The van der Waals surface area contributed by atoms with Crippen LogP contribution in [0, 0.1) is 0 Å². The van der Waals surface area contributed by atoms with Gasteiger partial charge in [-0.1, -0.05) is 60.7 Å². The minimum atomic E-state index is -0.148. The second kappa shape index (κ2) is 11.5. The third-order valence-electron chi connectivity index (χ3n) is 5.81. The molecule has 6 nitrogen and oxygen atoms in total. The number of para-hydroxylation sites is 1. The number of hydrogen-bond acceptors (Lipinski definition) is 5.